The molecule has 3 amide bonds. The summed E-state index contributed by atoms with van der Waals surface area (Å²) in [5.41, 5.74) is 18.7. The molecule has 244 valence electrons. The summed E-state index contributed by atoms with van der Waals surface area (Å²) in [6, 6.07) is 11.2. The number of anilines is 1. The first-order valence-corrected chi connectivity index (χ1v) is 15.3. The van der Waals surface area contributed by atoms with Gasteiger partial charge in [-0.15, -0.1) is 0 Å². The minimum absolute atomic E-state index is 0.0473. The van der Waals surface area contributed by atoms with Crippen LogP contribution in [0.25, 0.3) is 0 Å². The van der Waals surface area contributed by atoms with Gasteiger partial charge in [-0.25, -0.2) is 0 Å². The molecule has 1 unspecified atom stereocenters. The molecular weight excluding hydrogens is 562 g/mol. The van der Waals surface area contributed by atoms with Crippen LogP contribution >= 0.6 is 0 Å². The molecule has 0 bridgehead atoms. The summed E-state index contributed by atoms with van der Waals surface area (Å²) < 4.78 is 16.3. The average Bonchev–Trinajstić information content (AvgIpc) is 3.55. The van der Waals surface area contributed by atoms with Gasteiger partial charge in [-0.1, -0.05) is 31.7 Å². The van der Waals surface area contributed by atoms with Crippen molar-refractivity contribution in [3.05, 3.63) is 53.1 Å². The number of carbonyl (C=O) groups is 3. The lowest BCUT2D eigenvalue weighted by Gasteiger charge is -2.30. The Morgan fingerprint density at radius 2 is 1.70 bits per heavy atom. The number of nitrogens with zero attached hydrogens (tertiary/aromatic N) is 1. The van der Waals surface area contributed by atoms with Gasteiger partial charge in [-0.2, -0.15) is 0 Å². The minimum Gasteiger partial charge on any atom is -0.497 e. The first-order chi connectivity index (χ1) is 21.2. The third-order valence-corrected chi connectivity index (χ3v) is 7.70. The van der Waals surface area contributed by atoms with Crippen molar-refractivity contribution in [3.8, 4) is 11.5 Å². The molecule has 0 aromatic heterocycles. The summed E-state index contributed by atoms with van der Waals surface area (Å²) in [7, 11) is 3.18. The van der Waals surface area contributed by atoms with Gasteiger partial charge in [0.15, 0.2) is 0 Å². The zero-order chi connectivity index (χ0) is 32.3. The van der Waals surface area contributed by atoms with Crippen molar-refractivity contribution in [1.82, 2.24) is 4.90 Å². The molecule has 1 aliphatic rings. The van der Waals surface area contributed by atoms with Crippen LogP contribution in [0.4, 0.5) is 5.69 Å². The van der Waals surface area contributed by atoms with E-state index in [9.17, 15) is 14.4 Å². The molecule has 0 heterocycles. The van der Waals surface area contributed by atoms with Crippen molar-refractivity contribution in [3.63, 3.8) is 0 Å². The molecule has 0 spiro atoms. The molecule has 1 fully saturated rings. The highest BCUT2D eigenvalue weighted by Crippen LogP contribution is 2.33. The van der Waals surface area contributed by atoms with Gasteiger partial charge in [0.05, 0.1) is 20.3 Å². The van der Waals surface area contributed by atoms with Crippen LogP contribution in [0.5, 0.6) is 11.5 Å². The predicted molar refractivity (Wildman–Crippen MR) is 173 cm³/mol. The maximum atomic E-state index is 12.5. The fourth-order valence-electron chi connectivity index (χ4n) is 5.32. The second-order valence-electron chi connectivity index (χ2n) is 11.0. The predicted octanol–water partition coefficient (Wildman–Crippen LogP) is 3.46. The number of nitrogens with one attached hydrogen (secondary N) is 1. The molecule has 7 N–H and O–H groups in total. The van der Waals surface area contributed by atoms with Crippen molar-refractivity contribution in [2.24, 2.45) is 23.1 Å². The quantitative estimate of drug-likeness (QED) is 0.146. The van der Waals surface area contributed by atoms with E-state index in [2.05, 4.69) is 5.32 Å². The van der Waals surface area contributed by atoms with Gasteiger partial charge in [0.25, 0.3) is 0 Å². The monoisotopic (exact) mass is 613 g/mol. The Bertz CT molecular complexity index is 1150. The SMILES string of the molecule is COc1cc(OC)cc(C(Cc2ccc(NC(=O)CCC3CCCC3)cc2C)N(C=O)CCCOCC(N)=O)c1.NCCN. The summed E-state index contributed by atoms with van der Waals surface area (Å²) in [4.78, 5) is 37.5. The molecule has 2 aromatic carbocycles. The number of hydrogen-bond donors (Lipinski definition) is 4. The lowest BCUT2D eigenvalue weighted by atomic mass is 9.94. The Balaban J connectivity index is 0.00000159. The van der Waals surface area contributed by atoms with E-state index in [4.69, 9.17) is 31.4 Å². The zero-order valence-corrected chi connectivity index (χ0v) is 26.5. The summed E-state index contributed by atoms with van der Waals surface area (Å²) in [5.74, 6) is 1.45. The highest BCUT2D eigenvalue weighted by atomic mass is 16.5. The minimum atomic E-state index is -0.530. The van der Waals surface area contributed by atoms with E-state index in [-0.39, 0.29) is 18.6 Å². The number of amides is 3. The lowest BCUT2D eigenvalue weighted by Crippen LogP contribution is -2.31. The molecular formula is C33H51N5O6. The molecule has 1 saturated carbocycles. The van der Waals surface area contributed by atoms with Gasteiger partial charge in [-0.3, -0.25) is 14.4 Å². The number of methoxy groups -OCH3 is 2. The smallest absolute Gasteiger partial charge is 0.243 e. The molecule has 0 saturated heterocycles. The van der Waals surface area contributed by atoms with E-state index in [1.807, 2.05) is 37.3 Å². The summed E-state index contributed by atoms with van der Waals surface area (Å²) in [6.07, 6.45) is 8.43. The molecule has 11 nitrogen and oxygen atoms in total. The Kier molecular flexibility index (Phi) is 16.9. The molecule has 11 heteroatoms. The number of ether oxygens (including phenoxy) is 3. The van der Waals surface area contributed by atoms with E-state index >= 15 is 0 Å². The largest absolute Gasteiger partial charge is 0.497 e. The van der Waals surface area contributed by atoms with Crippen LogP contribution in [0.1, 0.15) is 67.7 Å². The third kappa shape index (κ3) is 12.9. The van der Waals surface area contributed by atoms with Crippen molar-refractivity contribution in [2.75, 3.05) is 52.4 Å². The fourth-order valence-corrected chi connectivity index (χ4v) is 5.32. The maximum Gasteiger partial charge on any atom is 0.243 e. The van der Waals surface area contributed by atoms with E-state index in [0.29, 0.717) is 62.9 Å². The lowest BCUT2D eigenvalue weighted by molar-refractivity contribution is -0.123. The highest BCUT2D eigenvalue weighted by Gasteiger charge is 2.23. The number of primary amides is 1. The van der Waals surface area contributed by atoms with Crippen molar-refractivity contribution < 1.29 is 28.6 Å². The van der Waals surface area contributed by atoms with Gasteiger partial charge >= 0.3 is 0 Å². The fraction of sp³-hybridized carbons (Fsp3) is 0.545. The zero-order valence-electron chi connectivity index (χ0n) is 26.5. The second kappa shape index (κ2) is 20.3. The first-order valence-electron chi connectivity index (χ1n) is 15.3. The summed E-state index contributed by atoms with van der Waals surface area (Å²) in [5, 5.41) is 3.05. The van der Waals surface area contributed by atoms with Gasteiger partial charge in [-0.05, 0) is 73.1 Å². The van der Waals surface area contributed by atoms with Crippen molar-refractivity contribution >= 4 is 23.9 Å². The molecule has 1 aliphatic carbocycles. The highest BCUT2D eigenvalue weighted by molar-refractivity contribution is 5.90. The average molecular weight is 614 g/mol. The molecule has 1 atom stereocenters. The summed E-state index contributed by atoms with van der Waals surface area (Å²) in [6.45, 7) is 3.77. The number of benzene rings is 2. The van der Waals surface area contributed by atoms with Crippen LogP contribution in [0.15, 0.2) is 36.4 Å². The number of aryl methyl sites for hydroxylation is 1. The molecule has 3 rings (SSSR count). The topological polar surface area (TPSA) is 172 Å². The van der Waals surface area contributed by atoms with E-state index in [0.717, 1.165) is 35.2 Å². The second-order valence-corrected chi connectivity index (χ2v) is 11.0. The van der Waals surface area contributed by atoms with Crippen LogP contribution in [-0.4, -0.2) is 70.2 Å². The normalized spacial score (nSPS) is 13.4. The van der Waals surface area contributed by atoms with Crippen molar-refractivity contribution in [2.45, 2.75) is 64.3 Å². The molecule has 0 radical (unpaired) electrons. The van der Waals surface area contributed by atoms with Gasteiger partial charge in [0.2, 0.25) is 18.2 Å². The standard InChI is InChI=1S/C31H43N3O6.C2H8N2/c1-22-15-26(33-31(37)12-9-23-7-4-5-8-23)11-10-24(22)18-29(25-16-27(38-2)19-28(17-25)39-3)34(21-35)13-6-14-40-20-30(32)36;3-1-2-4/h10-11,15-17,19,21,23,29H,4-9,12-14,18,20H2,1-3H3,(H2,32,36)(H,33,37);1-4H2. The van der Waals surface area contributed by atoms with Crippen LogP contribution in [-0.2, 0) is 25.5 Å². The van der Waals surface area contributed by atoms with Gasteiger partial charge in [0, 0.05) is 44.4 Å². The first kappa shape index (κ1) is 36.5. The Labute approximate surface area is 261 Å². The van der Waals surface area contributed by atoms with E-state index in [1.54, 1.807) is 25.2 Å². The summed E-state index contributed by atoms with van der Waals surface area (Å²) >= 11 is 0. The number of rotatable bonds is 18. The van der Waals surface area contributed by atoms with Gasteiger partial charge in [0.1, 0.15) is 18.1 Å². The van der Waals surface area contributed by atoms with Crippen LogP contribution in [0, 0.1) is 12.8 Å². The number of carbonyl (C=O) groups excluding carboxylic acids is 3. The van der Waals surface area contributed by atoms with E-state index in [1.165, 1.54) is 25.7 Å². The molecule has 0 aliphatic heterocycles. The van der Waals surface area contributed by atoms with Crippen LogP contribution in [0.2, 0.25) is 0 Å². The van der Waals surface area contributed by atoms with E-state index < -0.39 is 5.91 Å². The Morgan fingerprint density at radius 3 is 2.25 bits per heavy atom. The molecule has 2 aromatic rings. The number of hydrogen-bond acceptors (Lipinski definition) is 8. The molecule has 44 heavy (non-hydrogen) atoms. The van der Waals surface area contributed by atoms with Crippen molar-refractivity contribution in [1.29, 1.82) is 0 Å². The van der Waals surface area contributed by atoms with Gasteiger partial charge < -0.3 is 41.6 Å². The Hall–Kier alpha value is -3.67. The third-order valence-electron chi connectivity index (χ3n) is 7.70. The van der Waals surface area contributed by atoms with Crippen LogP contribution in [0.3, 0.4) is 0 Å². The maximum absolute atomic E-state index is 12.5. The Morgan fingerprint density at radius 1 is 1.05 bits per heavy atom. The van der Waals surface area contributed by atoms with Crippen LogP contribution < -0.4 is 32.0 Å². The number of nitrogens with two attached hydrogens (primary N) is 3.